The largest absolute Gasteiger partial charge is 0.493 e. The second-order valence-corrected chi connectivity index (χ2v) is 9.97. The van der Waals surface area contributed by atoms with Crippen molar-refractivity contribution in [2.24, 2.45) is 16.1 Å². The second kappa shape index (κ2) is 12.4. The first kappa shape index (κ1) is 26.3. The monoisotopic (exact) mass is 493 g/mol. The Bertz CT molecular complexity index is 958. The van der Waals surface area contributed by atoms with Crippen molar-refractivity contribution in [3.05, 3.63) is 28.3 Å². The fourth-order valence-electron chi connectivity index (χ4n) is 3.37. The zero-order chi connectivity index (χ0) is 24.6. The van der Waals surface area contributed by atoms with Crippen LogP contribution in [0.2, 0.25) is 0 Å². The molecule has 0 saturated heterocycles. The molecular formula is C24H35N3O6S. The highest BCUT2D eigenvalue weighted by molar-refractivity contribution is 8.16. The fraction of sp³-hybridized carbons (Fsp3) is 0.667. The van der Waals surface area contributed by atoms with Crippen molar-refractivity contribution >= 4 is 28.4 Å². The van der Waals surface area contributed by atoms with Crippen LogP contribution in [-0.4, -0.2) is 52.9 Å². The predicted octanol–water partition coefficient (Wildman–Crippen LogP) is 3.46. The Hall–Kier alpha value is -2.33. The van der Waals surface area contributed by atoms with Crippen molar-refractivity contribution in [1.82, 2.24) is 5.32 Å². The first-order valence-electron chi connectivity index (χ1n) is 11.9. The number of carbonyl (C=O) groups is 1. The van der Waals surface area contributed by atoms with Gasteiger partial charge in [-0.25, -0.2) is 4.79 Å². The number of aliphatic hydroxyl groups is 1. The maximum Gasteiger partial charge on any atom is 0.339 e. The number of hydrogen-bond donors (Lipinski definition) is 2. The quantitative estimate of drug-likeness (QED) is 0.231. The molecular weight excluding hydrogens is 458 g/mol. The molecule has 2 atom stereocenters. The number of oxime groups is 1. The minimum Gasteiger partial charge on any atom is -0.493 e. The molecule has 2 N–H and O–H groups in total. The van der Waals surface area contributed by atoms with Crippen LogP contribution in [0.5, 0.6) is 5.75 Å². The molecule has 1 aliphatic carbocycles. The molecule has 1 aromatic rings. The van der Waals surface area contributed by atoms with E-state index < -0.39 is 17.2 Å². The first-order chi connectivity index (χ1) is 16.3. The van der Waals surface area contributed by atoms with E-state index in [1.54, 1.807) is 19.9 Å². The molecule has 188 valence electrons. The van der Waals surface area contributed by atoms with Gasteiger partial charge in [0, 0.05) is 18.4 Å². The lowest BCUT2D eigenvalue weighted by atomic mass is 10.0. The number of aliphatic imine (C=N–C) groups is 1. The summed E-state index contributed by atoms with van der Waals surface area (Å²) in [5, 5.41) is 16.6. The summed E-state index contributed by atoms with van der Waals surface area (Å²) in [6.45, 7) is 6.72. The molecule has 1 aliphatic heterocycles. The third kappa shape index (κ3) is 7.59. The van der Waals surface area contributed by atoms with Gasteiger partial charge < -0.3 is 24.4 Å². The van der Waals surface area contributed by atoms with Gasteiger partial charge in [0.1, 0.15) is 34.4 Å². The molecule has 2 aliphatic rings. The van der Waals surface area contributed by atoms with Crippen LogP contribution in [0.15, 0.2) is 31.5 Å². The summed E-state index contributed by atoms with van der Waals surface area (Å²) in [4.78, 5) is 35.3. The lowest BCUT2D eigenvalue weighted by Gasteiger charge is -2.24. The molecule has 2 heterocycles. The van der Waals surface area contributed by atoms with E-state index in [4.69, 9.17) is 19.1 Å². The number of nitrogens with one attached hydrogen (secondary N) is 1. The van der Waals surface area contributed by atoms with Crippen LogP contribution in [0.25, 0.3) is 0 Å². The van der Waals surface area contributed by atoms with E-state index in [2.05, 4.69) is 15.5 Å². The van der Waals surface area contributed by atoms with Gasteiger partial charge in [0.25, 0.3) is 0 Å². The van der Waals surface area contributed by atoms with Gasteiger partial charge in [0.05, 0.1) is 18.7 Å². The average Bonchev–Trinajstić information content (AvgIpc) is 3.56. The third-order valence-corrected chi connectivity index (χ3v) is 7.02. The van der Waals surface area contributed by atoms with Crippen LogP contribution < -0.4 is 15.7 Å². The molecule has 10 heteroatoms. The zero-order valence-corrected chi connectivity index (χ0v) is 21.0. The van der Waals surface area contributed by atoms with Crippen molar-refractivity contribution in [2.75, 3.05) is 25.6 Å². The topological polar surface area (TPSA) is 123 Å². The maximum absolute atomic E-state index is 13.2. The van der Waals surface area contributed by atoms with Gasteiger partial charge in [-0.2, -0.15) is 0 Å². The summed E-state index contributed by atoms with van der Waals surface area (Å²) in [5.41, 5.74) is -0.852. The van der Waals surface area contributed by atoms with Crippen molar-refractivity contribution in [3.8, 4) is 5.75 Å². The summed E-state index contributed by atoms with van der Waals surface area (Å²) in [7, 11) is 0. The summed E-state index contributed by atoms with van der Waals surface area (Å²) < 4.78 is 11.2. The Kier molecular flexibility index (Phi) is 9.58. The highest BCUT2D eigenvalue weighted by Crippen LogP contribution is 2.32. The smallest absolute Gasteiger partial charge is 0.339 e. The molecule has 1 aromatic heterocycles. The molecule has 1 amide bonds. The van der Waals surface area contributed by atoms with Gasteiger partial charge in [-0.05, 0) is 51.9 Å². The molecule has 9 nitrogen and oxygen atoms in total. The van der Waals surface area contributed by atoms with Gasteiger partial charge in [-0.3, -0.25) is 9.79 Å². The molecule has 34 heavy (non-hydrogen) atoms. The van der Waals surface area contributed by atoms with Crippen molar-refractivity contribution in [2.45, 2.75) is 70.9 Å². The van der Waals surface area contributed by atoms with Crippen molar-refractivity contribution in [3.63, 3.8) is 0 Å². The zero-order valence-electron chi connectivity index (χ0n) is 20.2. The lowest BCUT2D eigenvalue weighted by Crippen LogP contribution is -2.45. The second-order valence-electron chi connectivity index (χ2n) is 9.00. The summed E-state index contributed by atoms with van der Waals surface area (Å²) in [6.07, 6.45) is 5.10. The number of rotatable bonds is 14. The van der Waals surface area contributed by atoms with Gasteiger partial charge in [0.2, 0.25) is 5.91 Å². The van der Waals surface area contributed by atoms with Crippen molar-refractivity contribution < 1.29 is 23.9 Å². The standard InChI is InChI=1S/C24H35N3O6S/c1-4-7-19(20-12-18(13-21(29)33-20)31-14-17-8-9-17)25-23(30)24(3)15-34-22(26-24)16(2)27-32-11-6-5-10-28/h12-13,17,19,28H,4-11,14-15H2,1-3H3,(H,25,30)/b27-16+/t19-,24+/m1/s1. The minimum absolute atomic E-state index is 0.127. The van der Waals surface area contributed by atoms with Gasteiger partial charge in [-0.1, -0.05) is 18.5 Å². The molecule has 0 aromatic carbocycles. The van der Waals surface area contributed by atoms with Gasteiger partial charge in [-0.15, -0.1) is 11.8 Å². The Morgan fingerprint density at radius 2 is 2.21 bits per heavy atom. The number of thioether (sulfide) groups is 1. The lowest BCUT2D eigenvalue weighted by molar-refractivity contribution is -0.125. The van der Waals surface area contributed by atoms with E-state index in [1.807, 2.05) is 6.92 Å². The van der Waals surface area contributed by atoms with Crippen LogP contribution in [0.4, 0.5) is 0 Å². The van der Waals surface area contributed by atoms with Crippen LogP contribution in [-0.2, 0) is 9.63 Å². The Balaban J connectivity index is 1.66. The van der Waals surface area contributed by atoms with Crippen LogP contribution >= 0.6 is 11.8 Å². The van der Waals surface area contributed by atoms with Crippen LogP contribution in [0, 0.1) is 5.92 Å². The molecule has 1 fully saturated rings. The van der Waals surface area contributed by atoms with E-state index in [-0.39, 0.29) is 12.5 Å². The molecule has 0 spiro atoms. The minimum atomic E-state index is -0.972. The van der Waals surface area contributed by atoms with E-state index in [0.29, 0.717) is 60.0 Å². The molecule has 0 radical (unpaired) electrons. The number of aliphatic hydroxyl groups excluding tert-OH is 1. The molecule has 3 rings (SSSR count). The van der Waals surface area contributed by atoms with E-state index in [1.165, 1.54) is 17.8 Å². The number of amides is 1. The Morgan fingerprint density at radius 3 is 2.91 bits per heavy atom. The number of ether oxygens (including phenoxy) is 1. The Morgan fingerprint density at radius 1 is 1.41 bits per heavy atom. The Labute approximate surface area is 204 Å². The predicted molar refractivity (Wildman–Crippen MR) is 133 cm³/mol. The molecule has 1 saturated carbocycles. The number of nitrogens with zero attached hydrogens (tertiary/aromatic N) is 2. The number of unbranched alkanes of at least 4 members (excludes halogenated alkanes) is 1. The first-order valence-corrected chi connectivity index (χ1v) is 12.9. The summed E-state index contributed by atoms with van der Waals surface area (Å²) >= 11 is 1.46. The summed E-state index contributed by atoms with van der Waals surface area (Å²) in [6, 6.07) is 2.59. The van der Waals surface area contributed by atoms with E-state index in [0.717, 1.165) is 25.7 Å². The van der Waals surface area contributed by atoms with Crippen LogP contribution in [0.3, 0.4) is 0 Å². The SMILES string of the molecule is CCC[C@@H](NC(=O)[C@]1(C)CSC(/C(C)=N/OCCCCO)=N1)c1cc(OCC2CC2)cc(=O)o1. The highest BCUT2D eigenvalue weighted by Gasteiger charge is 2.40. The average molecular weight is 494 g/mol. The van der Waals surface area contributed by atoms with Crippen molar-refractivity contribution in [1.29, 1.82) is 0 Å². The molecule has 0 bridgehead atoms. The van der Waals surface area contributed by atoms with Crippen LogP contribution in [0.1, 0.15) is 71.1 Å². The highest BCUT2D eigenvalue weighted by atomic mass is 32.2. The third-order valence-electron chi connectivity index (χ3n) is 5.65. The number of carbonyl (C=O) groups excluding carboxylic acids is 1. The number of hydrogen-bond acceptors (Lipinski definition) is 9. The maximum atomic E-state index is 13.2. The van der Waals surface area contributed by atoms with E-state index in [9.17, 15) is 9.59 Å². The van der Waals surface area contributed by atoms with Gasteiger partial charge >= 0.3 is 5.63 Å². The molecule has 0 unspecified atom stereocenters. The normalized spacial score (nSPS) is 21.2. The van der Waals surface area contributed by atoms with E-state index >= 15 is 0 Å². The fourth-order valence-corrected chi connectivity index (χ4v) is 4.50. The summed E-state index contributed by atoms with van der Waals surface area (Å²) in [5.74, 6) is 1.66. The van der Waals surface area contributed by atoms with Gasteiger partial charge in [0.15, 0.2) is 0 Å².